The predicted octanol–water partition coefficient (Wildman–Crippen LogP) is 1.80. The lowest BCUT2D eigenvalue weighted by molar-refractivity contribution is 0.0950. The van der Waals surface area contributed by atoms with Gasteiger partial charge in [-0.2, -0.15) is 0 Å². The highest BCUT2D eigenvalue weighted by Gasteiger charge is 2.11. The summed E-state index contributed by atoms with van der Waals surface area (Å²) < 4.78 is 0. The van der Waals surface area contributed by atoms with Crippen LogP contribution in [0.15, 0.2) is 5.38 Å². The van der Waals surface area contributed by atoms with Gasteiger partial charge >= 0.3 is 0 Å². The van der Waals surface area contributed by atoms with E-state index >= 15 is 0 Å². The summed E-state index contributed by atoms with van der Waals surface area (Å²) in [7, 11) is 0. The van der Waals surface area contributed by atoms with Crippen molar-refractivity contribution in [1.82, 2.24) is 10.3 Å². The van der Waals surface area contributed by atoms with Crippen molar-refractivity contribution in [2.75, 3.05) is 13.1 Å². The van der Waals surface area contributed by atoms with Crippen molar-refractivity contribution in [3.63, 3.8) is 0 Å². The molecule has 7 heteroatoms. The molecule has 1 heterocycles. The molecule has 0 radical (unpaired) electrons. The summed E-state index contributed by atoms with van der Waals surface area (Å²) in [6, 6.07) is 0. The minimum atomic E-state index is -0.140. The Morgan fingerprint density at radius 3 is 2.62 bits per heavy atom. The quantitative estimate of drug-likeness (QED) is 0.886. The number of nitrogens with two attached hydrogens (primary N) is 1. The molecule has 0 aliphatic heterocycles. The van der Waals surface area contributed by atoms with Gasteiger partial charge in [0.1, 0.15) is 5.69 Å². The van der Waals surface area contributed by atoms with Gasteiger partial charge in [0, 0.05) is 24.4 Å². The van der Waals surface area contributed by atoms with Crippen LogP contribution in [0.3, 0.4) is 0 Å². The highest BCUT2D eigenvalue weighted by Crippen LogP contribution is 2.18. The van der Waals surface area contributed by atoms with Crippen molar-refractivity contribution in [3.8, 4) is 0 Å². The summed E-state index contributed by atoms with van der Waals surface area (Å²) in [5.74, 6) is 0.231. The molecule has 94 valence electrons. The number of hydrogen-bond donors (Lipinski definition) is 2. The Labute approximate surface area is 112 Å². The zero-order valence-electron chi connectivity index (χ0n) is 9.23. The molecule has 0 saturated carbocycles. The first kappa shape index (κ1) is 18.0. The zero-order valence-corrected chi connectivity index (χ0v) is 11.7. The maximum absolute atomic E-state index is 11.4. The molecule has 3 N–H and O–H groups in total. The summed E-state index contributed by atoms with van der Waals surface area (Å²) in [5.41, 5.74) is 5.77. The Morgan fingerprint density at radius 2 is 2.19 bits per heavy atom. The van der Waals surface area contributed by atoms with Crippen molar-refractivity contribution in [2.45, 2.75) is 19.8 Å². The van der Waals surface area contributed by atoms with E-state index < -0.39 is 0 Å². The van der Waals surface area contributed by atoms with Gasteiger partial charge in [0.25, 0.3) is 5.91 Å². The smallest absolute Gasteiger partial charge is 0.270 e. The van der Waals surface area contributed by atoms with Crippen LogP contribution >= 0.6 is 36.2 Å². The molecular formula is C9H17Cl2N3OS. The molecule has 0 bridgehead atoms. The fraction of sp³-hybridized carbons (Fsp3) is 0.556. The Balaban J connectivity index is 0. The first-order valence-corrected chi connectivity index (χ1v) is 5.46. The molecule has 4 nitrogen and oxygen atoms in total. The highest BCUT2D eigenvalue weighted by molar-refractivity contribution is 7.09. The van der Waals surface area contributed by atoms with E-state index in [0.717, 1.165) is 5.01 Å². The van der Waals surface area contributed by atoms with Gasteiger partial charge in [0.05, 0.1) is 5.01 Å². The molecule has 0 spiro atoms. The number of carbonyl (C=O) groups excluding carboxylic acids is 1. The normalized spacial score (nSPS) is 9.25. The summed E-state index contributed by atoms with van der Waals surface area (Å²) in [5, 5.41) is 5.45. The lowest BCUT2D eigenvalue weighted by Crippen LogP contribution is -2.29. The Hall–Kier alpha value is -0.360. The van der Waals surface area contributed by atoms with Gasteiger partial charge in [-0.3, -0.25) is 4.79 Å². The lowest BCUT2D eigenvalue weighted by atomic mass is 10.2. The number of amides is 1. The van der Waals surface area contributed by atoms with E-state index in [-0.39, 0.29) is 30.7 Å². The summed E-state index contributed by atoms with van der Waals surface area (Å²) in [6.07, 6.45) is 0. The van der Waals surface area contributed by atoms with Crippen molar-refractivity contribution in [2.24, 2.45) is 5.73 Å². The van der Waals surface area contributed by atoms with E-state index in [9.17, 15) is 4.79 Å². The summed E-state index contributed by atoms with van der Waals surface area (Å²) in [6.45, 7) is 5.06. The molecular weight excluding hydrogens is 269 g/mol. The molecule has 0 aliphatic rings. The zero-order chi connectivity index (χ0) is 10.6. The molecule has 0 fully saturated rings. The number of carbonyl (C=O) groups is 1. The van der Waals surface area contributed by atoms with Crippen molar-refractivity contribution >= 4 is 42.1 Å². The van der Waals surface area contributed by atoms with Crippen LogP contribution in [0.25, 0.3) is 0 Å². The minimum absolute atomic E-state index is 0. The molecule has 1 aromatic heterocycles. The topological polar surface area (TPSA) is 68.0 Å². The van der Waals surface area contributed by atoms with Crippen LogP contribution < -0.4 is 11.1 Å². The molecule has 1 rings (SSSR count). The number of nitrogens with zero attached hydrogens (tertiary/aromatic N) is 1. The largest absolute Gasteiger partial charge is 0.349 e. The first-order valence-electron chi connectivity index (χ1n) is 4.59. The van der Waals surface area contributed by atoms with E-state index in [4.69, 9.17) is 5.73 Å². The van der Waals surface area contributed by atoms with Gasteiger partial charge in [0.2, 0.25) is 0 Å². The van der Waals surface area contributed by atoms with Crippen LogP contribution in [0, 0.1) is 0 Å². The molecule has 1 aromatic rings. The minimum Gasteiger partial charge on any atom is -0.349 e. The van der Waals surface area contributed by atoms with Gasteiger partial charge in [-0.25, -0.2) is 4.98 Å². The number of rotatable bonds is 4. The van der Waals surface area contributed by atoms with Crippen LogP contribution in [0.4, 0.5) is 0 Å². The fourth-order valence-electron chi connectivity index (χ4n) is 0.933. The second kappa shape index (κ2) is 8.75. The maximum Gasteiger partial charge on any atom is 0.270 e. The van der Waals surface area contributed by atoms with E-state index in [2.05, 4.69) is 24.1 Å². The standard InChI is InChI=1S/C9H15N3OS.2ClH/c1-6(2)9-12-7(5-14-9)8(13)11-4-3-10;;/h5-6H,3-4,10H2,1-2H3,(H,11,13);2*1H. The van der Waals surface area contributed by atoms with Crippen LogP contribution in [-0.2, 0) is 0 Å². The first-order chi connectivity index (χ1) is 6.65. The van der Waals surface area contributed by atoms with E-state index in [0.29, 0.717) is 24.7 Å². The van der Waals surface area contributed by atoms with E-state index in [1.165, 1.54) is 11.3 Å². The number of aromatic nitrogens is 1. The van der Waals surface area contributed by atoms with Crippen molar-refractivity contribution in [1.29, 1.82) is 0 Å². The van der Waals surface area contributed by atoms with Crippen LogP contribution in [0.5, 0.6) is 0 Å². The number of thiazole rings is 1. The van der Waals surface area contributed by atoms with Gasteiger partial charge in [-0.15, -0.1) is 36.2 Å². The summed E-state index contributed by atoms with van der Waals surface area (Å²) >= 11 is 1.52. The summed E-state index contributed by atoms with van der Waals surface area (Å²) in [4.78, 5) is 15.6. The Bertz CT molecular complexity index is 317. The van der Waals surface area contributed by atoms with Crippen molar-refractivity contribution in [3.05, 3.63) is 16.1 Å². The average Bonchev–Trinajstić information content (AvgIpc) is 2.62. The van der Waals surface area contributed by atoms with Gasteiger partial charge in [0.15, 0.2) is 0 Å². The third kappa shape index (κ3) is 5.12. The SMILES string of the molecule is CC(C)c1nc(C(=O)NCCN)cs1.Cl.Cl. The second-order valence-corrected chi connectivity index (χ2v) is 4.16. The van der Waals surface area contributed by atoms with E-state index in [1.807, 2.05) is 0 Å². The molecule has 0 saturated heterocycles. The highest BCUT2D eigenvalue weighted by atomic mass is 35.5. The number of halogens is 2. The molecule has 0 aliphatic carbocycles. The number of hydrogen-bond acceptors (Lipinski definition) is 4. The molecule has 1 amide bonds. The van der Waals surface area contributed by atoms with E-state index in [1.54, 1.807) is 5.38 Å². The Kier molecular flexibility index (Phi) is 9.86. The average molecular weight is 286 g/mol. The molecule has 0 aromatic carbocycles. The van der Waals surface area contributed by atoms with Crippen molar-refractivity contribution < 1.29 is 4.79 Å². The second-order valence-electron chi connectivity index (χ2n) is 3.27. The van der Waals surface area contributed by atoms with Gasteiger partial charge < -0.3 is 11.1 Å². The monoisotopic (exact) mass is 285 g/mol. The van der Waals surface area contributed by atoms with Crippen LogP contribution in [0.1, 0.15) is 35.3 Å². The van der Waals surface area contributed by atoms with Crippen LogP contribution in [0.2, 0.25) is 0 Å². The Morgan fingerprint density at radius 1 is 1.56 bits per heavy atom. The maximum atomic E-state index is 11.4. The molecule has 0 unspecified atom stereocenters. The van der Waals surface area contributed by atoms with Gasteiger partial charge in [-0.05, 0) is 0 Å². The third-order valence-electron chi connectivity index (χ3n) is 1.68. The predicted molar refractivity (Wildman–Crippen MR) is 72.1 cm³/mol. The number of nitrogens with one attached hydrogen (secondary N) is 1. The fourth-order valence-corrected chi connectivity index (χ4v) is 1.75. The van der Waals surface area contributed by atoms with Crippen LogP contribution in [-0.4, -0.2) is 24.0 Å². The van der Waals surface area contributed by atoms with Gasteiger partial charge in [-0.1, -0.05) is 13.8 Å². The lowest BCUT2D eigenvalue weighted by Gasteiger charge is -1.99. The molecule has 16 heavy (non-hydrogen) atoms. The third-order valence-corrected chi connectivity index (χ3v) is 2.82. The molecule has 0 atom stereocenters.